The molecule has 4 rings (SSSR count). The first-order chi connectivity index (χ1) is 14.5. The zero-order valence-electron chi connectivity index (χ0n) is 15.9. The average Bonchev–Trinajstić information content (AvgIpc) is 2.76. The van der Waals surface area contributed by atoms with Gasteiger partial charge in [-0.1, -0.05) is 23.7 Å². The summed E-state index contributed by atoms with van der Waals surface area (Å²) in [7, 11) is 0. The minimum absolute atomic E-state index is 0.0458. The number of anilines is 2. The van der Waals surface area contributed by atoms with E-state index < -0.39 is 5.82 Å². The smallest absolute Gasteiger partial charge is 0.321 e. The molecule has 0 atom stereocenters. The number of nitrogens with zero attached hydrogens (tertiary/aromatic N) is 4. The summed E-state index contributed by atoms with van der Waals surface area (Å²) in [4.78, 5) is 24.7. The Bertz CT molecular complexity index is 1070. The second-order valence-electron chi connectivity index (χ2n) is 6.80. The predicted molar refractivity (Wildman–Crippen MR) is 112 cm³/mol. The van der Waals surface area contributed by atoms with Crippen LogP contribution in [0.15, 0.2) is 54.9 Å². The van der Waals surface area contributed by atoms with Crippen LogP contribution >= 0.6 is 11.6 Å². The van der Waals surface area contributed by atoms with E-state index in [-0.39, 0.29) is 16.9 Å². The second-order valence-corrected chi connectivity index (χ2v) is 7.21. The van der Waals surface area contributed by atoms with Gasteiger partial charge in [-0.05, 0) is 30.3 Å². The van der Waals surface area contributed by atoms with Crippen LogP contribution in [0.3, 0.4) is 0 Å². The van der Waals surface area contributed by atoms with Crippen molar-refractivity contribution in [2.45, 2.75) is 0 Å². The quantitative estimate of drug-likeness (QED) is 0.669. The van der Waals surface area contributed by atoms with E-state index in [4.69, 9.17) is 11.6 Å². The zero-order valence-corrected chi connectivity index (χ0v) is 16.6. The Kier molecular flexibility index (Phi) is 5.76. The van der Waals surface area contributed by atoms with Crippen LogP contribution in [0.1, 0.15) is 0 Å². The molecule has 1 fully saturated rings. The lowest BCUT2D eigenvalue weighted by molar-refractivity contribution is 0.208. The molecule has 2 heterocycles. The van der Waals surface area contributed by atoms with Crippen LogP contribution < -0.4 is 10.2 Å². The lowest BCUT2D eigenvalue weighted by Crippen LogP contribution is -2.50. The molecular formula is C21H18ClF2N5O. The maximum atomic E-state index is 13.5. The first-order valence-electron chi connectivity index (χ1n) is 9.33. The summed E-state index contributed by atoms with van der Waals surface area (Å²) in [6.45, 7) is 2.13. The first kappa shape index (κ1) is 20.0. The van der Waals surface area contributed by atoms with Crippen molar-refractivity contribution in [2.24, 2.45) is 0 Å². The molecule has 1 aliphatic rings. The Morgan fingerprint density at radius 1 is 1.00 bits per heavy atom. The molecule has 0 spiro atoms. The van der Waals surface area contributed by atoms with E-state index in [9.17, 15) is 13.6 Å². The van der Waals surface area contributed by atoms with Gasteiger partial charge < -0.3 is 15.1 Å². The van der Waals surface area contributed by atoms with Crippen molar-refractivity contribution < 1.29 is 13.6 Å². The second kappa shape index (κ2) is 8.62. The third-order valence-corrected chi connectivity index (χ3v) is 5.12. The van der Waals surface area contributed by atoms with Crippen LogP contribution in [0.25, 0.3) is 11.3 Å². The number of rotatable bonds is 3. The number of piperazine rings is 1. The number of hydrogen-bond acceptors (Lipinski definition) is 4. The molecule has 1 N–H and O–H groups in total. The third-order valence-electron chi connectivity index (χ3n) is 4.83. The van der Waals surface area contributed by atoms with Gasteiger partial charge in [0.15, 0.2) is 0 Å². The number of aromatic nitrogens is 2. The van der Waals surface area contributed by atoms with Gasteiger partial charge in [-0.2, -0.15) is 0 Å². The van der Waals surface area contributed by atoms with Crippen LogP contribution in [0, 0.1) is 11.6 Å². The van der Waals surface area contributed by atoms with Gasteiger partial charge in [-0.25, -0.2) is 23.5 Å². The van der Waals surface area contributed by atoms with Crippen molar-refractivity contribution in [1.29, 1.82) is 0 Å². The van der Waals surface area contributed by atoms with Crippen LogP contribution in [-0.2, 0) is 0 Å². The Hall–Kier alpha value is -3.26. The van der Waals surface area contributed by atoms with Crippen molar-refractivity contribution >= 4 is 29.1 Å². The Labute approximate surface area is 177 Å². The SMILES string of the molecule is O=C(Nc1ccc(F)c(Cl)c1)N1CCN(c2cc(-c3cccc(F)c3)ncn2)CC1. The summed E-state index contributed by atoms with van der Waals surface area (Å²) < 4.78 is 26.8. The molecule has 1 aliphatic heterocycles. The van der Waals surface area contributed by atoms with E-state index in [0.717, 1.165) is 5.82 Å². The molecule has 154 valence electrons. The fraction of sp³-hybridized carbons (Fsp3) is 0.190. The lowest BCUT2D eigenvalue weighted by Gasteiger charge is -2.35. The molecule has 2 amide bonds. The van der Waals surface area contributed by atoms with Gasteiger partial charge in [-0.3, -0.25) is 0 Å². The molecule has 9 heteroatoms. The fourth-order valence-corrected chi connectivity index (χ4v) is 3.42. The third kappa shape index (κ3) is 4.49. The molecule has 0 saturated carbocycles. The van der Waals surface area contributed by atoms with E-state index in [1.165, 1.54) is 36.7 Å². The normalized spacial score (nSPS) is 14.0. The van der Waals surface area contributed by atoms with Gasteiger partial charge in [0, 0.05) is 43.5 Å². The van der Waals surface area contributed by atoms with Crippen LogP contribution in [0.4, 0.5) is 25.1 Å². The Morgan fingerprint density at radius 3 is 2.53 bits per heavy atom. The largest absolute Gasteiger partial charge is 0.353 e. The van der Waals surface area contributed by atoms with Crippen LogP contribution in [0.5, 0.6) is 0 Å². The molecule has 2 aromatic carbocycles. The minimum atomic E-state index is -0.536. The highest BCUT2D eigenvalue weighted by Gasteiger charge is 2.22. The minimum Gasteiger partial charge on any atom is -0.353 e. The molecular weight excluding hydrogens is 412 g/mol. The van der Waals surface area contributed by atoms with Gasteiger partial charge in [0.2, 0.25) is 0 Å². The van der Waals surface area contributed by atoms with Crippen molar-refractivity contribution in [2.75, 3.05) is 36.4 Å². The average molecular weight is 430 g/mol. The van der Waals surface area contributed by atoms with E-state index in [0.29, 0.717) is 43.1 Å². The maximum Gasteiger partial charge on any atom is 0.321 e. The molecule has 3 aromatic rings. The van der Waals surface area contributed by atoms with Gasteiger partial charge >= 0.3 is 6.03 Å². The number of carbonyl (C=O) groups excluding carboxylic acids is 1. The molecule has 30 heavy (non-hydrogen) atoms. The highest BCUT2D eigenvalue weighted by molar-refractivity contribution is 6.31. The van der Waals surface area contributed by atoms with Crippen LogP contribution in [-0.4, -0.2) is 47.1 Å². The summed E-state index contributed by atoms with van der Waals surface area (Å²) in [6, 6.07) is 11.8. The summed E-state index contributed by atoms with van der Waals surface area (Å²) in [6.07, 6.45) is 1.45. The molecule has 1 aromatic heterocycles. The van der Waals surface area contributed by atoms with E-state index in [1.807, 2.05) is 11.0 Å². The summed E-state index contributed by atoms with van der Waals surface area (Å²) in [5, 5.41) is 2.68. The molecule has 0 radical (unpaired) electrons. The van der Waals surface area contributed by atoms with Crippen LogP contribution in [0.2, 0.25) is 5.02 Å². The number of halogens is 3. The maximum absolute atomic E-state index is 13.5. The monoisotopic (exact) mass is 429 g/mol. The van der Waals surface area contributed by atoms with E-state index >= 15 is 0 Å². The lowest BCUT2D eigenvalue weighted by atomic mass is 10.1. The topological polar surface area (TPSA) is 61.4 Å². The molecule has 0 unspecified atom stereocenters. The zero-order chi connectivity index (χ0) is 21.1. The highest BCUT2D eigenvalue weighted by Crippen LogP contribution is 2.23. The first-order valence-corrected chi connectivity index (χ1v) is 9.71. The van der Waals surface area contributed by atoms with Crippen molar-refractivity contribution in [3.63, 3.8) is 0 Å². The van der Waals surface area contributed by atoms with Gasteiger partial charge in [-0.15, -0.1) is 0 Å². The van der Waals surface area contributed by atoms with Crippen molar-refractivity contribution in [3.05, 3.63) is 71.5 Å². The number of hydrogen-bond donors (Lipinski definition) is 1. The Morgan fingerprint density at radius 2 is 1.80 bits per heavy atom. The Balaban J connectivity index is 1.39. The number of urea groups is 1. The van der Waals surface area contributed by atoms with Gasteiger partial charge in [0.1, 0.15) is 23.8 Å². The van der Waals surface area contributed by atoms with Crippen molar-refractivity contribution in [3.8, 4) is 11.3 Å². The fourth-order valence-electron chi connectivity index (χ4n) is 3.24. The van der Waals surface area contributed by atoms with E-state index in [2.05, 4.69) is 15.3 Å². The molecule has 1 saturated heterocycles. The molecule has 0 bridgehead atoms. The molecule has 0 aliphatic carbocycles. The summed E-state index contributed by atoms with van der Waals surface area (Å²) >= 11 is 5.76. The number of carbonyl (C=O) groups is 1. The standard InChI is InChI=1S/C21H18ClF2N5O/c22-17-11-16(4-5-18(17)24)27-21(30)29-8-6-28(7-9-29)20-12-19(25-13-26-20)14-2-1-3-15(23)10-14/h1-5,10-13H,6-9H2,(H,27,30). The predicted octanol–water partition coefficient (Wildman–Crippen LogP) is 4.43. The summed E-state index contributed by atoms with van der Waals surface area (Å²) in [5.41, 5.74) is 1.74. The van der Waals surface area contributed by atoms with Gasteiger partial charge in [0.05, 0.1) is 10.7 Å². The molecule has 6 nitrogen and oxygen atoms in total. The number of nitrogens with one attached hydrogen (secondary N) is 1. The highest BCUT2D eigenvalue weighted by atomic mass is 35.5. The van der Waals surface area contributed by atoms with E-state index in [1.54, 1.807) is 17.0 Å². The van der Waals surface area contributed by atoms with Gasteiger partial charge in [0.25, 0.3) is 0 Å². The summed E-state index contributed by atoms with van der Waals surface area (Å²) in [5.74, 6) is -0.143. The number of amides is 2. The van der Waals surface area contributed by atoms with Crippen molar-refractivity contribution in [1.82, 2.24) is 14.9 Å². The number of benzene rings is 2.